The van der Waals surface area contributed by atoms with Gasteiger partial charge >= 0.3 is 0 Å². The second-order valence-electron chi connectivity index (χ2n) is 5.56. The van der Waals surface area contributed by atoms with Crippen LogP contribution in [0.15, 0.2) is 24.3 Å². The summed E-state index contributed by atoms with van der Waals surface area (Å²) in [5.74, 6) is 0.0109. The van der Waals surface area contributed by atoms with Gasteiger partial charge in [0.2, 0.25) is 5.91 Å². The summed E-state index contributed by atoms with van der Waals surface area (Å²) in [6.45, 7) is 1.94. The molecular formula is C15H21ClN2O. The highest BCUT2D eigenvalue weighted by molar-refractivity contribution is 6.31. The van der Waals surface area contributed by atoms with Gasteiger partial charge < -0.3 is 11.1 Å². The highest BCUT2D eigenvalue weighted by atomic mass is 35.5. The molecule has 3 nitrogen and oxygen atoms in total. The number of rotatable bonds is 4. The van der Waals surface area contributed by atoms with Gasteiger partial charge in [-0.05, 0) is 31.4 Å². The molecule has 1 saturated carbocycles. The van der Waals surface area contributed by atoms with Crippen LogP contribution >= 0.6 is 11.6 Å². The molecule has 1 fully saturated rings. The van der Waals surface area contributed by atoms with E-state index in [-0.39, 0.29) is 17.5 Å². The first-order valence-corrected chi connectivity index (χ1v) is 7.21. The first-order valence-electron chi connectivity index (χ1n) is 6.83. The molecule has 1 atom stereocenters. The van der Waals surface area contributed by atoms with Crippen LogP contribution in [0.4, 0.5) is 0 Å². The number of nitrogens with one attached hydrogen (secondary N) is 1. The standard InChI is InChI=1S/C15H21ClN2O/c1-11(12-6-2-3-7-13(12)16)18-14(19)10-15(17)8-4-5-9-15/h2-3,6-7,11H,4-5,8-10,17H2,1H3,(H,18,19)/t11-/m1/s1. The lowest BCUT2D eigenvalue weighted by molar-refractivity contribution is -0.122. The summed E-state index contributed by atoms with van der Waals surface area (Å²) in [4.78, 5) is 12.1. The van der Waals surface area contributed by atoms with Gasteiger partial charge in [0.05, 0.1) is 6.04 Å². The first kappa shape index (κ1) is 14.4. The molecule has 0 aromatic heterocycles. The fraction of sp³-hybridized carbons (Fsp3) is 0.533. The molecule has 0 saturated heterocycles. The molecule has 19 heavy (non-hydrogen) atoms. The Balaban J connectivity index is 1.94. The van der Waals surface area contributed by atoms with E-state index in [9.17, 15) is 4.79 Å². The van der Waals surface area contributed by atoms with E-state index in [0.717, 1.165) is 31.2 Å². The van der Waals surface area contributed by atoms with Gasteiger partial charge in [0.25, 0.3) is 0 Å². The average Bonchev–Trinajstić information content (AvgIpc) is 2.75. The molecule has 0 unspecified atom stereocenters. The zero-order valence-corrected chi connectivity index (χ0v) is 12.0. The lowest BCUT2D eigenvalue weighted by Crippen LogP contribution is -2.42. The van der Waals surface area contributed by atoms with Crippen molar-refractivity contribution in [1.29, 1.82) is 0 Å². The molecular weight excluding hydrogens is 260 g/mol. The second kappa shape index (κ2) is 5.93. The van der Waals surface area contributed by atoms with E-state index < -0.39 is 0 Å². The molecule has 104 valence electrons. The summed E-state index contributed by atoms with van der Waals surface area (Å²) < 4.78 is 0. The SMILES string of the molecule is C[C@@H](NC(=O)CC1(N)CCCC1)c1ccccc1Cl. The third-order valence-corrected chi connectivity index (χ3v) is 4.21. The van der Waals surface area contributed by atoms with Gasteiger partial charge in [0, 0.05) is 17.0 Å². The second-order valence-corrected chi connectivity index (χ2v) is 5.96. The first-order chi connectivity index (χ1) is 9.00. The molecule has 1 aliphatic carbocycles. The Kier molecular flexibility index (Phi) is 4.48. The number of amides is 1. The predicted octanol–water partition coefficient (Wildman–Crippen LogP) is 3.18. The zero-order valence-electron chi connectivity index (χ0n) is 11.3. The van der Waals surface area contributed by atoms with Crippen LogP contribution in [-0.4, -0.2) is 11.4 Å². The molecule has 0 radical (unpaired) electrons. The van der Waals surface area contributed by atoms with Gasteiger partial charge in [0.1, 0.15) is 0 Å². The van der Waals surface area contributed by atoms with Crippen LogP contribution in [0, 0.1) is 0 Å². The normalized spacial score (nSPS) is 19.1. The van der Waals surface area contributed by atoms with E-state index >= 15 is 0 Å². The molecule has 1 amide bonds. The fourth-order valence-electron chi connectivity index (χ4n) is 2.77. The molecule has 0 aliphatic heterocycles. The lowest BCUT2D eigenvalue weighted by Gasteiger charge is -2.24. The van der Waals surface area contributed by atoms with Crippen molar-refractivity contribution in [2.75, 3.05) is 0 Å². The van der Waals surface area contributed by atoms with Crippen LogP contribution in [0.5, 0.6) is 0 Å². The fourth-order valence-corrected chi connectivity index (χ4v) is 3.07. The maximum absolute atomic E-state index is 12.1. The summed E-state index contributed by atoms with van der Waals surface area (Å²) in [5, 5.41) is 3.67. The van der Waals surface area contributed by atoms with Gasteiger partial charge in [-0.2, -0.15) is 0 Å². The number of hydrogen-bond acceptors (Lipinski definition) is 2. The van der Waals surface area contributed by atoms with Crippen LogP contribution < -0.4 is 11.1 Å². The largest absolute Gasteiger partial charge is 0.349 e. The summed E-state index contributed by atoms with van der Waals surface area (Å²) in [7, 11) is 0. The third-order valence-electron chi connectivity index (χ3n) is 3.86. The summed E-state index contributed by atoms with van der Waals surface area (Å²) in [6, 6.07) is 7.48. The number of halogens is 1. The highest BCUT2D eigenvalue weighted by Crippen LogP contribution is 2.30. The molecule has 4 heteroatoms. The van der Waals surface area contributed by atoms with E-state index in [1.54, 1.807) is 0 Å². The Bertz CT molecular complexity index is 455. The summed E-state index contributed by atoms with van der Waals surface area (Å²) in [5.41, 5.74) is 6.86. The van der Waals surface area contributed by atoms with Gasteiger partial charge in [-0.15, -0.1) is 0 Å². The van der Waals surface area contributed by atoms with E-state index in [2.05, 4.69) is 5.32 Å². The minimum atomic E-state index is -0.301. The van der Waals surface area contributed by atoms with E-state index in [1.165, 1.54) is 0 Å². The van der Waals surface area contributed by atoms with Gasteiger partial charge in [0.15, 0.2) is 0 Å². The van der Waals surface area contributed by atoms with Crippen LogP contribution in [0.3, 0.4) is 0 Å². The smallest absolute Gasteiger partial charge is 0.222 e. The molecule has 1 aliphatic rings. The molecule has 2 rings (SSSR count). The Morgan fingerprint density at radius 3 is 2.68 bits per heavy atom. The summed E-state index contributed by atoms with van der Waals surface area (Å²) in [6.07, 6.45) is 4.55. The lowest BCUT2D eigenvalue weighted by atomic mass is 9.94. The van der Waals surface area contributed by atoms with Gasteiger partial charge in [-0.3, -0.25) is 4.79 Å². The highest BCUT2D eigenvalue weighted by Gasteiger charge is 2.32. The molecule has 1 aromatic carbocycles. The minimum Gasteiger partial charge on any atom is -0.349 e. The molecule has 0 heterocycles. The maximum Gasteiger partial charge on any atom is 0.222 e. The van der Waals surface area contributed by atoms with Gasteiger partial charge in [-0.25, -0.2) is 0 Å². The minimum absolute atomic E-state index is 0.0109. The van der Waals surface area contributed by atoms with Crippen LogP contribution in [0.25, 0.3) is 0 Å². The molecule has 0 spiro atoms. The van der Waals surface area contributed by atoms with Crippen molar-refractivity contribution >= 4 is 17.5 Å². The number of carbonyl (C=O) groups excluding carboxylic acids is 1. The zero-order chi connectivity index (χ0) is 13.9. The monoisotopic (exact) mass is 280 g/mol. The van der Waals surface area contributed by atoms with Crippen molar-refractivity contribution in [2.24, 2.45) is 5.73 Å². The molecule has 1 aromatic rings. The number of carbonyl (C=O) groups is 1. The third kappa shape index (κ3) is 3.71. The number of hydrogen-bond donors (Lipinski definition) is 2. The van der Waals surface area contributed by atoms with Crippen LogP contribution in [0.2, 0.25) is 5.02 Å². The van der Waals surface area contributed by atoms with Crippen LogP contribution in [0.1, 0.15) is 50.6 Å². The topological polar surface area (TPSA) is 55.1 Å². The van der Waals surface area contributed by atoms with E-state index in [4.69, 9.17) is 17.3 Å². The Labute approximate surface area is 119 Å². The predicted molar refractivity (Wildman–Crippen MR) is 78.0 cm³/mol. The van der Waals surface area contributed by atoms with Crippen molar-refractivity contribution < 1.29 is 4.79 Å². The average molecular weight is 281 g/mol. The van der Waals surface area contributed by atoms with Crippen molar-refractivity contribution in [3.63, 3.8) is 0 Å². The van der Waals surface area contributed by atoms with Crippen LogP contribution in [-0.2, 0) is 4.79 Å². The Morgan fingerprint density at radius 1 is 1.42 bits per heavy atom. The Hall–Kier alpha value is -1.06. The maximum atomic E-state index is 12.1. The van der Waals surface area contributed by atoms with Crippen molar-refractivity contribution in [2.45, 2.75) is 50.6 Å². The van der Waals surface area contributed by atoms with E-state index in [1.807, 2.05) is 31.2 Å². The van der Waals surface area contributed by atoms with Gasteiger partial charge in [-0.1, -0.05) is 42.6 Å². The van der Waals surface area contributed by atoms with Crippen molar-refractivity contribution in [3.8, 4) is 0 Å². The van der Waals surface area contributed by atoms with Crippen molar-refractivity contribution in [1.82, 2.24) is 5.32 Å². The molecule has 0 bridgehead atoms. The summed E-state index contributed by atoms with van der Waals surface area (Å²) >= 11 is 6.12. The molecule has 3 N–H and O–H groups in total. The quantitative estimate of drug-likeness (QED) is 0.890. The number of nitrogens with two attached hydrogens (primary N) is 1. The number of benzene rings is 1. The van der Waals surface area contributed by atoms with Crippen molar-refractivity contribution in [3.05, 3.63) is 34.9 Å². The Morgan fingerprint density at radius 2 is 2.05 bits per heavy atom. The van der Waals surface area contributed by atoms with E-state index in [0.29, 0.717) is 11.4 Å².